The number of amides is 1. The average Bonchev–Trinajstić information content (AvgIpc) is 2.66. The minimum absolute atomic E-state index is 0.0410. The third-order valence-electron chi connectivity index (χ3n) is 4.85. The highest BCUT2D eigenvalue weighted by Crippen LogP contribution is 2.25. The van der Waals surface area contributed by atoms with E-state index in [0.29, 0.717) is 26.3 Å². The molecule has 0 unspecified atom stereocenters. The number of anilines is 1. The summed E-state index contributed by atoms with van der Waals surface area (Å²) in [6, 6.07) is 8.44. The molecule has 1 fully saturated rings. The van der Waals surface area contributed by atoms with Gasteiger partial charge in [-0.15, -0.1) is 0 Å². The van der Waals surface area contributed by atoms with Gasteiger partial charge in [-0.25, -0.2) is 4.98 Å². The molecule has 6 nitrogen and oxygen atoms in total. The minimum atomic E-state index is 0.0410. The lowest BCUT2D eigenvalue weighted by Gasteiger charge is -2.35. The molecule has 2 heterocycles. The van der Waals surface area contributed by atoms with Crippen molar-refractivity contribution in [1.82, 2.24) is 9.88 Å². The number of piperazine rings is 1. The smallest absolute Gasteiger partial charge is 0.248 e. The van der Waals surface area contributed by atoms with Gasteiger partial charge in [0.05, 0.1) is 18.7 Å². The molecule has 0 spiro atoms. The van der Waals surface area contributed by atoms with Gasteiger partial charge in [0, 0.05) is 38.7 Å². The van der Waals surface area contributed by atoms with Crippen molar-refractivity contribution in [3.05, 3.63) is 35.4 Å². The highest BCUT2D eigenvalue weighted by molar-refractivity contribution is 5.86. The molecule has 26 heavy (non-hydrogen) atoms. The molecule has 0 radical (unpaired) electrons. The van der Waals surface area contributed by atoms with Gasteiger partial charge in [0.15, 0.2) is 0 Å². The monoisotopic (exact) mass is 357 g/mol. The number of pyridine rings is 1. The molecule has 0 atom stereocenters. The van der Waals surface area contributed by atoms with Gasteiger partial charge < -0.3 is 19.3 Å². The molecule has 1 amide bonds. The Bertz CT molecular complexity index is 770. The largest absolute Gasteiger partial charge is 0.382 e. The molecule has 1 aliphatic heterocycles. The number of hydrogen-bond donors (Lipinski definition) is 0. The van der Waals surface area contributed by atoms with Gasteiger partial charge in [0.1, 0.15) is 12.4 Å². The maximum absolute atomic E-state index is 12.2. The van der Waals surface area contributed by atoms with Crippen molar-refractivity contribution >= 4 is 22.6 Å². The first kappa shape index (κ1) is 18.6. The number of fused-ring (bicyclic) bond motifs is 1. The van der Waals surface area contributed by atoms with Gasteiger partial charge in [-0.3, -0.25) is 4.79 Å². The Balaban J connectivity index is 1.62. The number of aromatic nitrogens is 1. The van der Waals surface area contributed by atoms with Crippen molar-refractivity contribution in [3.63, 3.8) is 0 Å². The number of nitrogens with zero attached hydrogens (tertiary/aromatic N) is 3. The molecule has 0 bridgehead atoms. The number of rotatable bonds is 6. The predicted molar refractivity (Wildman–Crippen MR) is 103 cm³/mol. The summed E-state index contributed by atoms with van der Waals surface area (Å²) in [6.45, 7) is 8.26. The zero-order valence-electron chi connectivity index (χ0n) is 15.8. The number of para-hydroxylation sites is 1. The summed E-state index contributed by atoms with van der Waals surface area (Å²) in [4.78, 5) is 21.2. The van der Waals surface area contributed by atoms with E-state index < -0.39 is 0 Å². The Hall–Kier alpha value is -2.18. The molecule has 0 aliphatic carbocycles. The van der Waals surface area contributed by atoms with E-state index in [0.717, 1.165) is 24.4 Å². The molecule has 140 valence electrons. The van der Waals surface area contributed by atoms with E-state index in [2.05, 4.69) is 43.0 Å². The van der Waals surface area contributed by atoms with Crippen LogP contribution in [-0.4, -0.2) is 68.9 Å². The fourth-order valence-electron chi connectivity index (χ4n) is 3.28. The molecule has 1 aromatic heterocycles. The van der Waals surface area contributed by atoms with E-state index in [1.165, 1.54) is 16.5 Å². The summed E-state index contributed by atoms with van der Waals surface area (Å²) in [7, 11) is 1.62. The van der Waals surface area contributed by atoms with Crippen LogP contribution in [0.5, 0.6) is 0 Å². The quantitative estimate of drug-likeness (QED) is 0.742. The van der Waals surface area contributed by atoms with E-state index in [1.54, 1.807) is 7.11 Å². The maximum Gasteiger partial charge on any atom is 0.248 e. The van der Waals surface area contributed by atoms with E-state index in [9.17, 15) is 4.79 Å². The van der Waals surface area contributed by atoms with Crippen LogP contribution in [0.3, 0.4) is 0 Å². The van der Waals surface area contributed by atoms with Crippen LogP contribution in [0.2, 0.25) is 0 Å². The van der Waals surface area contributed by atoms with Crippen molar-refractivity contribution < 1.29 is 14.3 Å². The van der Waals surface area contributed by atoms with Crippen LogP contribution >= 0.6 is 0 Å². The normalized spacial score (nSPS) is 14.9. The molecule has 1 aromatic carbocycles. The molecule has 2 aromatic rings. The van der Waals surface area contributed by atoms with Gasteiger partial charge in [-0.05, 0) is 31.0 Å². The molecular weight excluding hydrogens is 330 g/mol. The molecule has 0 saturated carbocycles. The standard InChI is InChI=1S/C20H27N3O3/c1-15-5-4-6-17-16(2)13-18(21-20(15)17)22-7-9-23(10-8-22)19(24)14-26-12-11-25-3/h4-6,13H,7-12,14H2,1-3H3. The molecule has 6 heteroatoms. The van der Waals surface area contributed by atoms with Crippen LogP contribution in [0.1, 0.15) is 11.1 Å². The average molecular weight is 357 g/mol. The van der Waals surface area contributed by atoms with E-state index in [4.69, 9.17) is 14.5 Å². The lowest BCUT2D eigenvalue weighted by molar-refractivity contribution is -0.136. The Morgan fingerprint density at radius 3 is 2.62 bits per heavy atom. The molecule has 3 rings (SSSR count). The zero-order valence-corrected chi connectivity index (χ0v) is 15.8. The molecule has 1 aliphatic rings. The van der Waals surface area contributed by atoms with Gasteiger partial charge in [0.25, 0.3) is 0 Å². The molecule has 1 saturated heterocycles. The first-order valence-corrected chi connectivity index (χ1v) is 9.06. The summed E-state index contributed by atoms with van der Waals surface area (Å²) in [6.07, 6.45) is 0. The minimum Gasteiger partial charge on any atom is -0.382 e. The highest BCUT2D eigenvalue weighted by atomic mass is 16.5. The maximum atomic E-state index is 12.2. The van der Waals surface area contributed by atoms with Crippen molar-refractivity contribution in [2.45, 2.75) is 13.8 Å². The summed E-state index contributed by atoms with van der Waals surface area (Å²) in [5, 5.41) is 1.20. The number of carbonyl (C=O) groups is 1. The Morgan fingerprint density at radius 2 is 1.88 bits per heavy atom. The summed E-state index contributed by atoms with van der Waals surface area (Å²) in [5.41, 5.74) is 3.49. The summed E-state index contributed by atoms with van der Waals surface area (Å²) < 4.78 is 10.3. The van der Waals surface area contributed by atoms with Crippen LogP contribution in [0.15, 0.2) is 24.3 Å². The number of benzene rings is 1. The number of aryl methyl sites for hydroxylation is 2. The Kier molecular flexibility index (Phi) is 6.06. The van der Waals surface area contributed by atoms with Crippen molar-refractivity contribution in [1.29, 1.82) is 0 Å². The fraction of sp³-hybridized carbons (Fsp3) is 0.500. The van der Waals surface area contributed by atoms with E-state index in [-0.39, 0.29) is 12.5 Å². The second-order valence-corrected chi connectivity index (χ2v) is 6.68. The van der Waals surface area contributed by atoms with Gasteiger partial charge in [0.2, 0.25) is 5.91 Å². The number of carbonyl (C=O) groups excluding carboxylic acids is 1. The third-order valence-corrected chi connectivity index (χ3v) is 4.85. The van der Waals surface area contributed by atoms with E-state index in [1.807, 2.05) is 4.90 Å². The number of methoxy groups -OCH3 is 1. The molecular formula is C20H27N3O3. The highest BCUT2D eigenvalue weighted by Gasteiger charge is 2.22. The third kappa shape index (κ3) is 4.14. The van der Waals surface area contributed by atoms with Gasteiger partial charge in [-0.2, -0.15) is 0 Å². The fourth-order valence-corrected chi connectivity index (χ4v) is 3.28. The van der Waals surface area contributed by atoms with Crippen LogP contribution in [0.4, 0.5) is 5.82 Å². The number of hydrogen-bond acceptors (Lipinski definition) is 5. The summed E-state index contributed by atoms with van der Waals surface area (Å²) >= 11 is 0. The second kappa shape index (κ2) is 8.47. The van der Waals surface area contributed by atoms with Gasteiger partial charge in [-0.1, -0.05) is 18.2 Å². The van der Waals surface area contributed by atoms with Crippen molar-refractivity contribution in [3.8, 4) is 0 Å². The predicted octanol–water partition coefficient (Wildman–Crippen LogP) is 2.16. The zero-order chi connectivity index (χ0) is 18.5. The Labute approximate surface area is 154 Å². The lowest BCUT2D eigenvalue weighted by Crippen LogP contribution is -2.50. The van der Waals surface area contributed by atoms with Gasteiger partial charge >= 0.3 is 0 Å². The van der Waals surface area contributed by atoms with Crippen LogP contribution in [-0.2, 0) is 14.3 Å². The molecule has 0 N–H and O–H groups in total. The lowest BCUT2D eigenvalue weighted by atomic mass is 10.1. The SMILES string of the molecule is COCCOCC(=O)N1CCN(c2cc(C)c3cccc(C)c3n2)CC1. The Morgan fingerprint density at radius 1 is 1.12 bits per heavy atom. The number of ether oxygens (including phenoxy) is 2. The van der Waals surface area contributed by atoms with Crippen LogP contribution < -0.4 is 4.90 Å². The van der Waals surface area contributed by atoms with Crippen molar-refractivity contribution in [2.24, 2.45) is 0 Å². The van der Waals surface area contributed by atoms with Crippen LogP contribution in [0, 0.1) is 13.8 Å². The first-order valence-electron chi connectivity index (χ1n) is 9.06. The van der Waals surface area contributed by atoms with E-state index >= 15 is 0 Å². The van der Waals surface area contributed by atoms with Crippen LogP contribution in [0.25, 0.3) is 10.9 Å². The second-order valence-electron chi connectivity index (χ2n) is 6.68. The summed E-state index contributed by atoms with van der Waals surface area (Å²) in [5.74, 6) is 1.03. The first-order chi connectivity index (χ1) is 12.6. The topological polar surface area (TPSA) is 54.9 Å². The van der Waals surface area contributed by atoms with Crippen molar-refractivity contribution in [2.75, 3.05) is 58.0 Å².